The quantitative estimate of drug-likeness (QED) is 0.741. The van der Waals surface area contributed by atoms with Gasteiger partial charge in [-0.3, -0.25) is 14.4 Å². The summed E-state index contributed by atoms with van der Waals surface area (Å²) in [5.74, 6) is -0.0226. The van der Waals surface area contributed by atoms with Crippen LogP contribution in [0.15, 0.2) is 12.4 Å². The number of aryl methyl sites for hydroxylation is 1. The Morgan fingerprint density at radius 3 is 2.76 bits per heavy atom. The fourth-order valence-electron chi connectivity index (χ4n) is 2.54. The zero-order valence-electron chi connectivity index (χ0n) is 13.0. The van der Waals surface area contributed by atoms with Gasteiger partial charge in [0, 0.05) is 44.5 Å². The smallest absolute Gasteiger partial charge is 0.241 e. The van der Waals surface area contributed by atoms with Crippen LogP contribution in [0, 0.1) is 0 Å². The second-order valence-electron chi connectivity index (χ2n) is 5.41. The Morgan fingerprint density at radius 2 is 2.19 bits per heavy atom. The molecule has 1 aliphatic heterocycles. The van der Waals surface area contributed by atoms with Crippen molar-refractivity contribution in [2.45, 2.75) is 19.0 Å². The van der Waals surface area contributed by atoms with E-state index < -0.39 is 0 Å². The number of nitrogens with one attached hydrogen (secondary N) is 2. The first-order valence-electron chi connectivity index (χ1n) is 7.37. The lowest BCUT2D eigenvalue weighted by Crippen LogP contribution is -2.48. The average Bonchev–Trinajstić information content (AvgIpc) is 2.92. The normalized spacial score (nSPS) is 19.2. The summed E-state index contributed by atoms with van der Waals surface area (Å²) in [5, 5.41) is 10.2. The van der Waals surface area contributed by atoms with Gasteiger partial charge >= 0.3 is 0 Å². The molecule has 0 saturated carbocycles. The number of rotatable bonds is 6. The van der Waals surface area contributed by atoms with E-state index in [1.807, 2.05) is 13.2 Å². The van der Waals surface area contributed by atoms with Gasteiger partial charge in [0.1, 0.15) is 6.04 Å². The highest BCUT2D eigenvalue weighted by Crippen LogP contribution is 2.11. The maximum Gasteiger partial charge on any atom is 0.241 e. The lowest BCUT2D eigenvalue weighted by atomic mass is 10.1. The van der Waals surface area contributed by atoms with Crippen molar-refractivity contribution >= 4 is 5.91 Å². The summed E-state index contributed by atoms with van der Waals surface area (Å²) in [6.45, 7) is 6.16. The van der Waals surface area contributed by atoms with Crippen molar-refractivity contribution in [3.63, 3.8) is 0 Å². The first-order valence-corrected chi connectivity index (χ1v) is 7.37. The van der Waals surface area contributed by atoms with E-state index in [9.17, 15) is 4.79 Å². The van der Waals surface area contributed by atoms with E-state index >= 15 is 0 Å². The third-order valence-electron chi connectivity index (χ3n) is 3.85. The minimum atomic E-state index is -0.365. The van der Waals surface area contributed by atoms with Crippen LogP contribution in [0.3, 0.4) is 0 Å². The molecular weight excluding hydrogens is 270 g/mol. The number of nitrogens with zero attached hydrogens (tertiary/aromatic N) is 3. The summed E-state index contributed by atoms with van der Waals surface area (Å²) in [5.41, 5.74) is 0.872. The number of hydrogen-bond donors (Lipinski definition) is 2. The van der Waals surface area contributed by atoms with E-state index in [2.05, 4.69) is 27.6 Å². The first-order chi connectivity index (χ1) is 10.1. The van der Waals surface area contributed by atoms with Crippen molar-refractivity contribution in [1.82, 2.24) is 25.3 Å². The lowest BCUT2D eigenvalue weighted by molar-refractivity contribution is -0.123. The Balaban J connectivity index is 1.84. The molecule has 1 saturated heterocycles. The second-order valence-corrected chi connectivity index (χ2v) is 5.41. The highest BCUT2D eigenvalue weighted by atomic mass is 16.5. The topological polar surface area (TPSA) is 71.4 Å². The molecule has 0 spiro atoms. The molecule has 1 aliphatic rings. The van der Waals surface area contributed by atoms with Gasteiger partial charge in [0.05, 0.1) is 19.4 Å². The summed E-state index contributed by atoms with van der Waals surface area (Å²) in [7, 11) is 3.62. The molecule has 2 N–H and O–H groups in total. The third-order valence-corrected chi connectivity index (χ3v) is 3.85. The van der Waals surface area contributed by atoms with Crippen LogP contribution in [-0.2, 0) is 16.6 Å². The molecule has 1 aromatic rings. The van der Waals surface area contributed by atoms with Gasteiger partial charge in [-0.05, 0) is 14.0 Å². The van der Waals surface area contributed by atoms with Gasteiger partial charge in [-0.1, -0.05) is 0 Å². The Labute approximate surface area is 125 Å². The molecule has 21 heavy (non-hydrogen) atoms. The number of carbonyl (C=O) groups excluding carboxylic acids is 1. The zero-order valence-corrected chi connectivity index (χ0v) is 13.0. The molecule has 7 heteroatoms. The minimum Gasteiger partial charge on any atom is -0.379 e. The third kappa shape index (κ3) is 4.26. The predicted molar refractivity (Wildman–Crippen MR) is 79.9 cm³/mol. The Bertz CT molecular complexity index is 456. The van der Waals surface area contributed by atoms with Gasteiger partial charge in [0.25, 0.3) is 0 Å². The van der Waals surface area contributed by atoms with Gasteiger partial charge in [-0.25, -0.2) is 0 Å². The van der Waals surface area contributed by atoms with E-state index in [0.717, 1.165) is 31.9 Å². The maximum atomic E-state index is 12.3. The molecule has 0 bridgehead atoms. The van der Waals surface area contributed by atoms with Crippen LogP contribution in [0.5, 0.6) is 0 Å². The van der Waals surface area contributed by atoms with Gasteiger partial charge in [-0.2, -0.15) is 5.10 Å². The lowest BCUT2D eigenvalue weighted by Gasteiger charge is -2.32. The van der Waals surface area contributed by atoms with E-state index in [-0.39, 0.29) is 11.9 Å². The minimum absolute atomic E-state index is 0.0226. The molecule has 0 aliphatic carbocycles. The summed E-state index contributed by atoms with van der Waals surface area (Å²) < 4.78 is 7.04. The summed E-state index contributed by atoms with van der Waals surface area (Å²) >= 11 is 0. The number of amides is 1. The van der Waals surface area contributed by atoms with Crippen LogP contribution in [0.25, 0.3) is 0 Å². The number of ether oxygens (including phenoxy) is 1. The van der Waals surface area contributed by atoms with Gasteiger partial charge in [-0.15, -0.1) is 0 Å². The molecule has 1 aromatic heterocycles. The van der Waals surface area contributed by atoms with Crippen molar-refractivity contribution in [1.29, 1.82) is 0 Å². The Hall–Kier alpha value is -1.44. The Morgan fingerprint density at radius 1 is 1.48 bits per heavy atom. The van der Waals surface area contributed by atoms with Gasteiger partial charge in [0.2, 0.25) is 5.91 Å². The molecule has 0 radical (unpaired) electrons. The molecule has 0 aromatic carbocycles. The van der Waals surface area contributed by atoms with Crippen molar-refractivity contribution < 1.29 is 9.53 Å². The van der Waals surface area contributed by atoms with Crippen LogP contribution in [-0.4, -0.2) is 66.5 Å². The number of aromatic nitrogens is 2. The van der Waals surface area contributed by atoms with Crippen LogP contribution < -0.4 is 10.6 Å². The summed E-state index contributed by atoms with van der Waals surface area (Å²) in [4.78, 5) is 14.7. The van der Waals surface area contributed by atoms with Crippen molar-refractivity contribution in [3.8, 4) is 0 Å². The molecule has 1 fully saturated rings. The van der Waals surface area contributed by atoms with Crippen molar-refractivity contribution in [2.24, 2.45) is 7.05 Å². The van der Waals surface area contributed by atoms with E-state index in [1.54, 1.807) is 17.9 Å². The molecular formula is C14H25N5O2. The molecule has 2 heterocycles. The predicted octanol–water partition coefficient (Wildman–Crippen LogP) is -0.482. The zero-order chi connectivity index (χ0) is 15.2. The first kappa shape index (κ1) is 15.9. The van der Waals surface area contributed by atoms with Crippen LogP contribution >= 0.6 is 0 Å². The monoisotopic (exact) mass is 295 g/mol. The molecule has 2 atom stereocenters. The standard InChI is InChI=1S/C14H25N5O2/c1-11(19-4-6-21-7-5-19)8-16-14(20)13(15-2)12-9-17-18(3)10-12/h9-11,13,15H,4-8H2,1-3H3,(H,16,20). The van der Waals surface area contributed by atoms with Crippen molar-refractivity contribution in [3.05, 3.63) is 18.0 Å². The maximum absolute atomic E-state index is 12.3. The Kier molecular flexibility index (Phi) is 5.72. The number of likely N-dealkylation sites (N-methyl/N-ethyl adjacent to an activating group) is 1. The van der Waals surface area contributed by atoms with Gasteiger partial charge < -0.3 is 15.4 Å². The SMILES string of the molecule is CNC(C(=O)NCC(C)N1CCOCC1)c1cnn(C)c1. The number of hydrogen-bond acceptors (Lipinski definition) is 5. The van der Waals surface area contributed by atoms with Crippen molar-refractivity contribution in [2.75, 3.05) is 39.9 Å². The fourth-order valence-corrected chi connectivity index (χ4v) is 2.54. The number of morpholine rings is 1. The second kappa shape index (κ2) is 7.53. The number of carbonyl (C=O) groups is 1. The van der Waals surface area contributed by atoms with Crippen LogP contribution in [0.1, 0.15) is 18.5 Å². The molecule has 2 rings (SSSR count). The highest BCUT2D eigenvalue weighted by Gasteiger charge is 2.22. The molecule has 2 unspecified atom stereocenters. The summed E-state index contributed by atoms with van der Waals surface area (Å²) in [6, 6.07) is -0.0557. The van der Waals surface area contributed by atoms with Crippen LogP contribution in [0.2, 0.25) is 0 Å². The molecule has 7 nitrogen and oxygen atoms in total. The largest absolute Gasteiger partial charge is 0.379 e. The van der Waals surface area contributed by atoms with Crippen LogP contribution in [0.4, 0.5) is 0 Å². The molecule has 118 valence electrons. The summed E-state index contributed by atoms with van der Waals surface area (Å²) in [6.07, 6.45) is 3.57. The highest BCUT2D eigenvalue weighted by molar-refractivity contribution is 5.83. The van der Waals surface area contributed by atoms with E-state index in [1.165, 1.54) is 0 Å². The molecule has 1 amide bonds. The fraction of sp³-hybridized carbons (Fsp3) is 0.714. The van der Waals surface area contributed by atoms with E-state index in [4.69, 9.17) is 4.74 Å². The average molecular weight is 295 g/mol. The van der Waals surface area contributed by atoms with Gasteiger partial charge in [0.15, 0.2) is 0 Å². The van der Waals surface area contributed by atoms with E-state index in [0.29, 0.717) is 12.6 Å².